The molecule has 1 amide bonds. The van der Waals surface area contributed by atoms with E-state index >= 15 is 0 Å². The molecule has 1 aliphatic rings. The first-order valence-electron chi connectivity index (χ1n) is 4.19. The Morgan fingerprint density at radius 1 is 1.27 bits per heavy atom. The van der Waals surface area contributed by atoms with Gasteiger partial charge in [0.1, 0.15) is 0 Å². The average Bonchev–Trinajstić information content (AvgIpc) is 2.17. The highest BCUT2D eigenvalue weighted by atomic mass is 16.6. The van der Waals surface area contributed by atoms with Crippen LogP contribution in [-0.2, 0) is 4.79 Å². The van der Waals surface area contributed by atoms with Crippen molar-refractivity contribution < 1.29 is 14.5 Å². The second kappa shape index (κ2) is 3.16. The van der Waals surface area contributed by atoms with E-state index in [0.717, 1.165) is 0 Å². The van der Waals surface area contributed by atoms with Gasteiger partial charge in [-0.05, 0) is 12.1 Å². The summed E-state index contributed by atoms with van der Waals surface area (Å²) in [5.41, 5.74) is 0.504. The van der Waals surface area contributed by atoms with Gasteiger partial charge in [-0.2, -0.15) is 0 Å². The molecule has 0 saturated heterocycles. The molecule has 0 saturated carbocycles. The Labute approximate surface area is 84.0 Å². The molecular weight excluding hydrogens is 200 g/mol. The van der Waals surface area contributed by atoms with Crippen LogP contribution in [0.1, 0.15) is 10.4 Å². The standard InChI is InChI=1S/C9H6N2O4/c12-8-5-3-1-2-4-6(5)10-9(13)7(8)11(14)15/h1-4,7H,(H,10,13). The number of carbonyl (C=O) groups excluding carboxylic acids is 2. The van der Waals surface area contributed by atoms with E-state index in [-0.39, 0.29) is 5.56 Å². The lowest BCUT2D eigenvalue weighted by Crippen LogP contribution is -2.45. The third kappa shape index (κ3) is 1.35. The quantitative estimate of drug-likeness (QED) is 0.410. The zero-order valence-electron chi connectivity index (χ0n) is 7.47. The topological polar surface area (TPSA) is 89.3 Å². The molecule has 1 atom stereocenters. The van der Waals surface area contributed by atoms with E-state index in [2.05, 4.69) is 5.32 Å². The number of nitrogens with zero attached hydrogens (tertiary/aromatic N) is 1. The molecule has 6 heteroatoms. The van der Waals surface area contributed by atoms with Crippen LogP contribution in [0.25, 0.3) is 0 Å². The lowest BCUT2D eigenvalue weighted by atomic mass is 9.98. The van der Waals surface area contributed by atoms with Crippen molar-refractivity contribution in [2.24, 2.45) is 0 Å². The van der Waals surface area contributed by atoms with E-state index in [1.165, 1.54) is 12.1 Å². The van der Waals surface area contributed by atoms with E-state index < -0.39 is 22.7 Å². The predicted octanol–water partition coefficient (Wildman–Crippen LogP) is 0.467. The molecule has 1 N–H and O–H groups in total. The minimum absolute atomic E-state index is 0.179. The lowest BCUT2D eigenvalue weighted by Gasteiger charge is -2.17. The Kier molecular flexibility index (Phi) is 1.96. The van der Waals surface area contributed by atoms with Crippen molar-refractivity contribution in [2.75, 3.05) is 5.32 Å². The first-order valence-corrected chi connectivity index (χ1v) is 4.19. The zero-order chi connectivity index (χ0) is 11.0. The molecule has 1 aliphatic heterocycles. The van der Waals surface area contributed by atoms with Gasteiger partial charge in [-0.15, -0.1) is 0 Å². The van der Waals surface area contributed by atoms with Crippen LogP contribution in [0.15, 0.2) is 24.3 Å². The molecule has 0 radical (unpaired) electrons. The molecule has 0 fully saturated rings. The van der Waals surface area contributed by atoms with Crippen LogP contribution >= 0.6 is 0 Å². The van der Waals surface area contributed by atoms with Gasteiger partial charge in [-0.3, -0.25) is 19.7 Å². The largest absolute Gasteiger partial charge is 0.351 e. The van der Waals surface area contributed by atoms with Crippen molar-refractivity contribution in [1.82, 2.24) is 0 Å². The summed E-state index contributed by atoms with van der Waals surface area (Å²) in [5.74, 6) is -1.65. The molecule has 0 aliphatic carbocycles. The van der Waals surface area contributed by atoms with Gasteiger partial charge >= 0.3 is 11.9 Å². The third-order valence-corrected chi connectivity index (χ3v) is 2.16. The number of anilines is 1. The summed E-state index contributed by atoms with van der Waals surface area (Å²) < 4.78 is 0. The van der Waals surface area contributed by atoms with Crippen molar-refractivity contribution in [3.05, 3.63) is 39.9 Å². The summed E-state index contributed by atoms with van der Waals surface area (Å²) in [6, 6.07) is 4.39. The van der Waals surface area contributed by atoms with Gasteiger partial charge in [0, 0.05) is 10.5 Å². The molecule has 0 bridgehead atoms. The van der Waals surface area contributed by atoms with Crippen molar-refractivity contribution in [2.45, 2.75) is 6.04 Å². The smallest absolute Gasteiger partial charge is 0.319 e. The molecule has 2 rings (SSSR count). The second-order valence-corrected chi connectivity index (χ2v) is 3.09. The Morgan fingerprint density at radius 3 is 2.60 bits per heavy atom. The zero-order valence-corrected chi connectivity index (χ0v) is 7.47. The molecule has 1 aromatic carbocycles. The van der Waals surface area contributed by atoms with Gasteiger partial charge in [0.25, 0.3) is 0 Å². The summed E-state index contributed by atoms with van der Waals surface area (Å²) in [5, 5.41) is 12.8. The maximum atomic E-state index is 11.6. The van der Waals surface area contributed by atoms with Crippen molar-refractivity contribution in [3.8, 4) is 0 Å². The van der Waals surface area contributed by atoms with Crippen molar-refractivity contribution in [1.29, 1.82) is 0 Å². The second-order valence-electron chi connectivity index (χ2n) is 3.09. The Hall–Kier alpha value is -2.24. The molecular formula is C9H6N2O4. The van der Waals surface area contributed by atoms with Gasteiger partial charge in [0.2, 0.25) is 5.78 Å². The molecule has 76 valence electrons. The fraction of sp³-hybridized carbons (Fsp3) is 0.111. The number of rotatable bonds is 1. The van der Waals surface area contributed by atoms with Crippen molar-refractivity contribution in [3.63, 3.8) is 0 Å². The summed E-state index contributed by atoms with van der Waals surface area (Å²) in [6.45, 7) is 0. The molecule has 0 spiro atoms. The van der Waals surface area contributed by atoms with E-state index in [1.807, 2.05) is 0 Å². The van der Waals surface area contributed by atoms with Gasteiger partial charge in [-0.25, -0.2) is 0 Å². The summed E-state index contributed by atoms with van der Waals surface area (Å²) >= 11 is 0. The maximum absolute atomic E-state index is 11.6. The van der Waals surface area contributed by atoms with Crippen LogP contribution in [0.3, 0.4) is 0 Å². The van der Waals surface area contributed by atoms with Crippen LogP contribution < -0.4 is 5.32 Å². The highest BCUT2D eigenvalue weighted by molar-refractivity contribution is 6.22. The number of ketones is 1. The summed E-state index contributed by atoms with van der Waals surface area (Å²) in [4.78, 5) is 32.4. The summed E-state index contributed by atoms with van der Waals surface area (Å²) in [6.07, 6.45) is 0. The number of Topliss-reactive ketones (excluding diaryl/α,β-unsaturated/α-hetero) is 1. The number of hydrogen-bond acceptors (Lipinski definition) is 4. The number of para-hydroxylation sites is 1. The first-order chi connectivity index (χ1) is 7.11. The van der Waals surface area contributed by atoms with E-state index in [1.54, 1.807) is 12.1 Å². The number of fused-ring (bicyclic) bond motifs is 1. The van der Waals surface area contributed by atoms with Gasteiger partial charge in [0.05, 0.1) is 5.69 Å². The van der Waals surface area contributed by atoms with Gasteiger partial charge in [-0.1, -0.05) is 12.1 Å². The summed E-state index contributed by atoms with van der Waals surface area (Å²) in [7, 11) is 0. The molecule has 1 aromatic rings. The normalized spacial score (nSPS) is 19.3. The number of nitrogens with one attached hydrogen (secondary N) is 1. The number of amides is 1. The number of hydrogen-bond donors (Lipinski definition) is 1. The number of carbonyl (C=O) groups is 2. The van der Waals surface area contributed by atoms with E-state index in [9.17, 15) is 19.7 Å². The van der Waals surface area contributed by atoms with Crippen LogP contribution in [0.4, 0.5) is 5.69 Å². The lowest BCUT2D eigenvalue weighted by molar-refractivity contribution is -0.490. The Balaban J connectivity index is 2.52. The SMILES string of the molecule is O=C1Nc2ccccc2C(=O)C1[N+](=O)[O-]. The minimum Gasteiger partial charge on any atom is -0.319 e. The monoisotopic (exact) mass is 206 g/mol. The van der Waals surface area contributed by atoms with Gasteiger partial charge in [0.15, 0.2) is 0 Å². The molecule has 6 nitrogen and oxygen atoms in total. The highest BCUT2D eigenvalue weighted by Crippen LogP contribution is 2.22. The first kappa shape index (κ1) is 9.32. The molecule has 1 unspecified atom stereocenters. The van der Waals surface area contributed by atoms with Crippen LogP contribution in [0.2, 0.25) is 0 Å². The van der Waals surface area contributed by atoms with Gasteiger partial charge < -0.3 is 5.32 Å². The fourth-order valence-electron chi connectivity index (χ4n) is 1.47. The molecule has 1 heterocycles. The number of nitro groups is 1. The number of benzene rings is 1. The van der Waals surface area contributed by atoms with Crippen LogP contribution in [-0.4, -0.2) is 22.7 Å². The maximum Gasteiger partial charge on any atom is 0.351 e. The minimum atomic E-state index is -1.82. The fourth-order valence-corrected chi connectivity index (χ4v) is 1.47. The van der Waals surface area contributed by atoms with Crippen molar-refractivity contribution >= 4 is 17.4 Å². The third-order valence-electron chi connectivity index (χ3n) is 2.16. The van der Waals surface area contributed by atoms with Crippen LogP contribution in [0.5, 0.6) is 0 Å². The van der Waals surface area contributed by atoms with E-state index in [4.69, 9.17) is 0 Å². The Morgan fingerprint density at radius 2 is 1.93 bits per heavy atom. The average molecular weight is 206 g/mol. The van der Waals surface area contributed by atoms with E-state index in [0.29, 0.717) is 5.69 Å². The van der Waals surface area contributed by atoms with Crippen LogP contribution in [0, 0.1) is 10.1 Å². The molecule has 15 heavy (non-hydrogen) atoms. The highest BCUT2D eigenvalue weighted by Gasteiger charge is 2.43. The molecule has 0 aromatic heterocycles. The Bertz CT molecular complexity index is 469. The predicted molar refractivity (Wildman–Crippen MR) is 50.2 cm³/mol.